The van der Waals surface area contributed by atoms with E-state index in [1.54, 1.807) is 6.33 Å². The Morgan fingerprint density at radius 2 is 1.88 bits per heavy atom. The number of rotatable bonds is 5. The number of fused-ring (bicyclic) bond motifs is 1. The van der Waals surface area contributed by atoms with E-state index >= 15 is 0 Å². The van der Waals surface area contributed by atoms with Gasteiger partial charge in [0.2, 0.25) is 5.91 Å². The number of carbonyl (C=O) groups excluding carboxylic acids is 1. The molecule has 2 aromatic rings. The third-order valence-corrected chi connectivity index (χ3v) is 7.65. The Morgan fingerprint density at radius 1 is 1.12 bits per heavy atom. The topological polar surface area (TPSA) is 72.8 Å². The second-order valence-corrected chi connectivity index (χ2v) is 10.1. The molecule has 1 unspecified atom stereocenters. The number of anilines is 1. The molecule has 33 heavy (non-hydrogen) atoms. The molecule has 8 heteroatoms. The zero-order valence-electron chi connectivity index (χ0n) is 19.2. The molecule has 5 rings (SSSR count). The smallest absolute Gasteiger partial charge is 0.231 e. The number of amides is 1. The summed E-state index contributed by atoms with van der Waals surface area (Å²) in [4.78, 5) is 29.3. The summed E-state index contributed by atoms with van der Waals surface area (Å²) in [7, 11) is 0. The van der Waals surface area contributed by atoms with E-state index in [1.807, 2.05) is 29.2 Å². The standard InChI is InChI=1S/C25H32ClN5O2/c1-17-2-7-22-23(17)24(28-16-27-22)30-10-12-31(13-11-30)25(33)21(15-29-9-8-20(32)14-29)18-3-5-19(26)6-4-18/h3-6,16-17,20-21,32H,2,7-15H2,1H3/t17-,20-,21?/m1/s1. The van der Waals surface area contributed by atoms with Crippen LogP contribution in [0.2, 0.25) is 5.02 Å². The molecule has 2 fully saturated rings. The van der Waals surface area contributed by atoms with Crippen molar-refractivity contribution in [2.75, 3.05) is 50.7 Å². The van der Waals surface area contributed by atoms with Crippen LogP contribution in [0.5, 0.6) is 0 Å². The Hall–Kier alpha value is -2.22. The van der Waals surface area contributed by atoms with Gasteiger partial charge in [-0.1, -0.05) is 30.7 Å². The molecule has 176 valence electrons. The van der Waals surface area contributed by atoms with E-state index in [2.05, 4.69) is 26.7 Å². The average molecular weight is 470 g/mol. The molecule has 1 aromatic carbocycles. The highest BCUT2D eigenvalue weighted by Gasteiger charge is 2.34. The summed E-state index contributed by atoms with van der Waals surface area (Å²) in [6.07, 6.45) is 4.31. The Labute approximate surface area is 200 Å². The van der Waals surface area contributed by atoms with E-state index < -0.39 is 0 Å². The number of benzene rings is 1. The van der Waals surface area contributed by atoms with Gasteiger partial charge in [-0.3, -0.25) is 9.69 Å². The van der Waals surface area contributed by atoms with E-state index in [0.717, 1.165) is 50.3 Å². The number of aliphatic hydroxyl groups is 1. The second kappa shape index (κ2) is 9.57. The fourth-order valence-corrected chi connectivity index (χ4v) is 5.62. The van der Waals surface area contributed by atoms with Gasteiger partial charge in [-0.15, -0.1) is 0 Å². The maximum atomic E-state index is 13.7. The molecule has 7 nitrogen and oxygen atoms in total. The summed E-state index contributed by atoms with van der Waals surface area (Å²) < 4.78 is 0. The second-order valence-electron chi connectivity index (χ2n) is 9.62. The normalized spacial score (nSPS) is 24.2. The number of nitrogens with zero attached hydrogens (tertiary/aromatic N) is 5. The molecule has 1 amide bonds. The van der Waals surface area contributed by atoms with Crippen molar-refractivity contribution < 1.29 is 9.90 Å². The minimum Gasteiger partial charge on any atom is -0.392 e. The lowest BCUT2D eigenvalue weighted by atomic mass is 9.96. The third-order valence-electron chi connectivity index (χ3n) is 7.40. The van der Waals surface area contributed by atoms with Crippen LogP contribution in [0.3, 0.4) is 0 Å². The molecule has 3 atom stereocenters. The van der Waals surface area contributed by atoms with Gasteiger partial charge < -0.3 is 14.9 Å². The molecule has 2 saturated heterocycles. The van der Waals surface area contributed by atoms with E-state index in [4.69, 9.17) is 11.6 Å². The predicted octanol–water partition coefficient (Wildman–Crippen LogP) is 2.68. The van der Waals surface area contributed by atoms with E-state index in [-0.39, 0.29) is 17.9 Å². The van der Waals surface area contributed by atoms with Gasteiger partial charge in [0.25, 0.3) is 0 Å². The highest BCUT2D eigenvalue weighted by atomic mass is 35.5. The first kappa shape index (κ1) is 22.6. The number of carbonyl (C=O) groups is 1. The molecule has 0 bridgehead atoms. The third kappa shape index (κ3) is 4.72. The average Bonchev–Trinajstić information content (AvgIpc) is 3.43. The number of β-amino-alcohol motifs (C(OH)–C–C–N with tert-alkyl or cyclic N) is 1. The SMILES string of the molecule is C[C@@H]1CCc2ncnc(N3CCN(C(=O)C(CN4CC[C@@H](O)C4)c4ccc(Cl)cc4)CC3)c21. The zero-order chi connectivity index (χ0) is 22.9. The van der Waals surface area contributed by atoms with Crippen LogP contribution < -0.4 is 4.90 Å². The van der Waals surface area contributed by atoms with Gasteiger partial charge in [0.1, 0.15) is 12.1 Å². The summed E-state index contributed by atoms with van der Waals surface area (Å²) in [5.74, 6) is 1.43. The molecule has 1 N–H and O–H groups in total. The van der Waals surface area contributed by atoms with Crippen LogP contribution in [-0.4, -0.2) is 82.7 Å². The van der Waals surface area contributed by atoms with E-state index in [1.165, 1.54) is 11.3 Å². The van der Waals surface area contributed by atoms with Crippen LogP contribution in [0.15, 0.2) is 30.6 Å². The number of hydrogen-bond acceptors (Lipinski definition) is 6. The molecule has 0 radical (unpaired) electrons. The molecule has 2 aliphatic heterocycles. The zero-order valence-corrected chi connectivity index (χ0v) is 19.9. The molecule has 1 aliphatic carbocycles. The van der Waals surface area contributed by atoms with E-state index in [9.17, 15) is 9.90 Å². The highest BCUT2D eigenvalue weighted by molar-refractivity contribution is 6.30. The lowest BCUT2D eigenvalue weighted by Crippen LogP contribution is -2.51. The summed E-state index contributed by atoms with van der Waals surface area (Å²) in [6.45, 7) is 7.23. The Morgan fingerprint density at radius 3 is 2.58 bits per heavy atom. The number of aliphatic hydroxyl groups excluding tert-OH is 1. The Bertz CT molecular complexity index is 993. The van der Waals surface area contributed by atoms with Crippen LogP contribution in [-0.2, 0) is 11.2 Å². The maximum absolute atomic E-state index is 13.7. The summed E-state index contributed by atoms with van der Waals surface area (Å²) in [5.41, 5.74) is 3.46. The van der Waals surface area contributed by atoms with Gasteiger partial charge in [-0.2, -0.15) is 0 Å². The number of halogens is 1. The fourth-order valence-electron chi connectivity index (χ4n) is 5.49. The molecule has 0 saturated carbocycles. The van der Waals surface area contributed by atoms with Crippen molar-refractivity contribution in [1.29, 1.82) is 0 Å². The Kier molecular flexibility index (Phi) is 6.54. The summed E-state index contributed by atoms with van der Waals surface area (Å²) in [6, 6.07) is 7.62. The number of piperazine rings is 1. The number of aryl methyl sites for hydroxylation is 1. The summed E-state index contributed by atoms with van der Waals surface area (Å²) in [5, 5.41) is 10.6. The molecular weight excluding hydrogens is 438 g/mol. The molecular formula is C25H32ClN5O2. The highest BCUT2D eigenvalue weighted by Crippen LogP contribution is 2.37. The summed E-state index contributed by atoms with van der Waals surface area (Å²) >= 11 is 6.10. The maximum Gasteiger partial charge on any atom is 0.231 e. The first-order valence-corrected chi connectivity index (χ1v) is 12.4. The van der Waals surface area contributed by atoms with Crippen molar-refractivity contribution in [3.63, 3.8) is 0 Å². The number of hydrogen-bond donors (Lipinski definition) is 1. The largest absolute Gasteiger partial charge is 0.392 e. The van der Waals surface area contributed by atoms with Crippen molar-refractivity contribution in [3.05, 3.63) is 52.4 Å². The minimum absolute atomic E-state index is 0.152. The fraction of sp³-hybridized carbons (Fsp3) is 0.560. The van der Waals surface area contributed by atoms with E-state index in [0.29, 0.717) is 37.1 Å². The van der Waals surface area contributed by atoms with Crippen molar-refractivity contribution in [3.8, 4) is 0 Å². The van der Waals surface area contributed by atoms with Crippen molar-refractivity contribution in [1.82, 2.24) is 19.8 Å². The van der Waals surface area contributed by atoms with Gasteiger partial charge in [0.05, 0.1) is 12.0 Å². The number of likely N-dealkylation sites (tertiary alicyclic amines) is 1. The van der Waals surface area contributed by atoms with Crippen LogP contribution in [0, 0.1) is 0 Å². The van der Waals surface area contributed by atoms with Gasteiger partial charge in [0, 0.05) is 62.1 Å². The molecule has 3 heterocycles. The predicted molar refractivity (Wildman–Crippen MR) is 129 cm³/mol. The lowest BCUT2D eigenvalue weighted by Gasteiger charge is -2.38. The van der Waals surface area contributed by atoms with Gasteiger partial charge in [0.15, 0.2) is 0 Å². The minimum atomic E-state index is -0.300. The quantitative estimate of drug-likeness (QED) is 0.725. The molecule has 3 aliphatic rings. The van der Waals surface area contributed by atoms with Crippen molar-refractivity contribution >= 4 is 23.3 Å². The van der Waals surface area contributed by atoms with Crippen LogP contribution in [0.25, 0.3) is 0 Å². The monoisotopic (exact) mass is 469 g/mol. The number of aromatic nitrogens is 2. The van der Waals surface area contributed by atoms with Crippen molar-refractivity contribution in [2.45, 2.75) is 44.1 Å². The molecule has 0 spiro atoms. The first-order valence-electron chi connectivity index (χ1n) is 12.0. The van der Waals surface area contributed by atoms with Gasteiger partial charge in [-0.05, 0) is 42.9 Å². The lowest BCUT2D eigenvalue weighted by molar-refractivity contribution is -0.133. The van der Waals surface area contributed by atoms with Gasteiger partial charge >= 0.3 is 0 Å². The first-order chi connectivity index (χ1) is 16.0. The van der Waals surface area contributed by atoms with Crippen LogP contribution >= 0.6 is 11.6 Å². The Balaban J connectivity index is 1.30. The van der Waals surface area contributed by atoms with Crippen molar-refractivity contribution in [2.24, 2.45) is 0 Å². The van der Waals surface area contributed by atoms with Gasteiger partial charge in [-0.25, -0.2) is 9.97 Å². The molecule has 1 aromatic heterocycles. The van der Waals surface area contributed by atoms with Crippen LogP contribution in [0.1, 0.15) is 48.4 Å². The van der Waals surface area contributed by atoms with Crippen LogP contribution in [0.4, 0.5) is 5.82 Å².